The summed E-state index contributed by atoms with van der Waals surface area (Å²) in [6, 6.07) is 7.72. The van der Waals surface area contributed by atoms with Crippen molar-refractivity contribution in [2.24, 2.45) is 0 Å². The van der Waals surface area contributed by atoms with E-state index in [-0.39, 0.29) is 5.95 Å². The maximum Gasteiger partial charge on any atom is 0.221 e. The van der Waals surface area contributed by atoms with E-state index in [1.807, 2.05) is 24.3 Å². The van der Waals surface area contributed by atoms with E-state index in [2.05, 4.69) is 14.9 Å². The summed E-state index contributed by atoms with van der Waals surface area (Å²) in [5.41, 5.74) is 13.1. The molecule has 0 atom stereocenters. The minimum absolute atomic E-state index is 0.175. The van der Waals surface area contributed by atoms with Gasteiger partial charge in [-0.15, -0.1) is 0 Å². The summed E-state index contributed by atoms with van der Waals surface area (Å²) in [7, 11) is 0. The lowest BCUT2D eigenvalue weighted by Crippen LogP contribution is -2.38. The van der Waals surface area contributed by atoms with Crippen molar-refractivity contribution in [2.75, 3.05) is 50.9 Å². The number of aromatic nitrogens is 2. The normalized spacial score (nSPS) is 15.5. The van der Waals surface area contributed by atoms with Crippen molar-refractivity contribution in [3.63, 3.8) is 0 Å². The zero-order chi connectivity index (χ0) is 16.1. The number of benzene rings is 1. The van der Waals surface area contributed by atoms with Gasteiger partial charge >= 0.3 is 0 Å². The summed E-state index contributed by atoms with van der Waals surface area (Å²) in [6.45, 7) is 5.12. The van der Waals surface area contributed by atoms with Gasteiger partial charge < -0.3 is 20.9 Å². The lowest BCUT2D eigenvalue weighted by molar-refractivity contribution is 0.0322. The van der Waals surface area contributed by atoms with Crippen LogP contribution in [0.5, 0.6) is 5.75 Å². The molecule has 2 heterocycles. The van der Waals surface area contributed by atoms with Gasteiger partial charge in [0.1, 0.15) is 18.2 Å². The molecule has 1 aromatic heterocycles. The van der Waals surface area contributed by atoms with Crippen LogP contribution in [0.15, 0.2) is 30.5 Å². The average Bonchev–Trinajstić information content (AvgIpc) is 2.57. The van der Waals surface area contributed by atoms with Gasteiger partial charge in [-0.05, 0) is 17.7 Å². The predicted octanol–water partition coefficient (Wildman–Crippen LogP) is 1.02. The Morgan fingerprint density at radius 1 is 1.13 bits per heavy atom. The summed E-state index contributed by atoms with van der Waals surface area (Å²) < 4.78 is 11.1. The van der Waals surface area contributed by atoms with E-state index < -0.39 is 0 Å². The van der Waals surface area contributed by atoms with Crippen LogP contribution in [0.3, 0.4) is 0 Å². The molecule has 0 saturated carbocycles. The Morgan fingerprint density at radius 3 is 2.57 bits per heavy atom. The van der Waals surface area contributed by atoms with E-state index in [1.54, 1.807) is 6.20 Å². The molecule has 122 valence electrons. The van der Waals surface area contributed by atoms with Gasteiger partial charge in [0.25, 0.3) is 0 Å². The zero-order valence-electron chi connectivity index (χ0n) is 12.9. The fourth-order valence-corrected chi connectivity index (χ4v) is 2.48. The Hall–Kier alpha value is -2.38. The van der Waals surface area contributed by atoms with Gasteiger partial charge in [-0.25, -0.2) is 4.98 Å². The number of rotatable bonds is 5. The van der Waals surface area contributed by atoms with E-state index in [0.717, 1.165) is 49.7 Å². The molecule has 7 nitrogen and oxygen atoms in total. The molecule has 0 bridgehead atoms. The van der Waals surface area contributed by atoms with E-state index in [4.69, 9.17) is 20.9 Å². The largest absolute Gasteiger partial charge is 0.492 e. The first-order chi connectivity index (χ1) is 11.2. The van der Waals surface area contributed by atoms with Crippen LogP contribution in [0.1, 0.15) is 0 Å². The lowest BCUT2D eigenvalue weighted by atomic mass is 10.1. The third-order valence-electron chi connectivity index (χ3n) is 3.78. The molecule has 7 heteroatoms. The molecule has 4 N–H and O–H groups in total. The number of anilines is 2. The van der Waals surface area contributed by atoms with Crippen molar-refractivity contribution in [3.05, 3.63) is 30.5 Å². The summed E-state index contributed by atoms with van der Waals surface area (Å²) in [4.78, 5) is 10.3. The molecule has 1 saturated heterocycles. The fourth-order valence-electron chi connectivity index (χ4n) is 2.48. The van der Waals surface area contributed by atoms with Crippen LogP contribution in [0.25, 0.3) is 11.1 Å². The Morgan fingerprint density at radius 2 is 1.87 bits per heavy atom. The summed E-state index contributed by atoms with van der Waals surface area (Å²) >= 11 is 0. The third kappa shape index (κ3) is 4.08. The highest BCUT2D eigenvalue weighted by Crippen LogP contribution is 2.26. The monoisotopic (exact) mass is 315 g/mol. The molecule has 0 aliphatic carbocycles. The standard InChI is InChI=1S/C16H21N5O2/c17-15-14(11-19-16(18)20-15)12-1-3-13(4-2-12)23-10-7-21-5-8-22-9-6-21/h1-4,11H,5-10H2,(H4,17,18,19,20). The van der Waals surface area contributed by atoms with Crippen molar-refractivity contribution < 1.29 is 9.47 Å². The van der Waals surface area contributed by atoms with Gasteiger partial charge in [0.05, 0.1) is 13.2 Å². The minimum Gasteiger partial charge on any atom is -0.492 e. The zero-order valence-corrected chi connectivity index (χ0v) is 12.9. The molecule has 0 unspecified atom stereocenters. The second-order valence-electron chi connectivity index (χ2n) is 5.35. The van der Waals surface area contributed by atoms with Gasteiger partial charge in [0, 0.05) is 31.4 Å². The topological polar surface area (TPSA) is 99.5 Å². The van der Waals surface area contributed by atoms with Gasteiger partial charge in [0.2, 0.25) is 5.95 Å². The number of nitrogen functional groups attached to an aromatic ring is 2. The Kier molecular flexibility index (Phi) is 4.89. The van der Waals surface area contributed by atoms with Crippen LogP contribution in [-0.2, 0) is 4.74 Å². The summed E-state index contributed by atoms with van der Waals surface area (Å²) in [5.74, 6) is 1.38. The first kappa shape index (κ1) is 15.5. The number of hydrogen-bond donors (Lipinski definition) is 2. The Balaban J connectivity index is 1.56. The third-order valence-corrected chi connectivity index (χ3v) is 3.78. The van der Waals surface area contributed by atoms with E-state index in [0.29, 0.717) is 12.4 Å². The molecule has 1 fully saturated rings. The first-order valence-electron chi connectivity index (χ1n) is 7.64. The van der Waals surface area contributed by atoms with E-state index >= 15 is 0 Å². The van der Waals surface area contributed by atoms with E-state index in [1.165, 1.54) is 0 Å². The van der Waals surface area contributed by atoms with Crippen LogP contribution in [0, 0.1) is 0 Å². The molecule has 0 spiro atoms. The van der Waals surface area contributed by atoms with Crippen molar-refractivity contribution in [1.29, 1.82) is 0 Å². The Labute approximate surface area is 135 Å². The Bertz CT molecular complexity index is 641. The van der Waals surface area contributed by atoms with Crippen LogP contribution in [-0.4, -0.2) is 54.3 Å². The van der Waals surface area contributed by atoms with Gasteiger partial charge in [-0.2, -0.15) is 4.98 Å². The molecule has 1 aromatic carbocycles. The van der Waals surface area contributed by atoms with Crippen molar-refractivity contribution in [3.8, 4) is 16.9 Å². The van der Waals surface area contributed by atoms with Crippen LogP contribution in [0.4, 0.5) is 11.8 Å². The molecule has 1 aliphatic heterocycles. The quantitative estimate of drug-likeness (QED) is 0.849. The van der Waals surface area contributed by atoms with Crippen molar-refractivity contribution in [2.45, 2.75) is 0 Å². The summed E-state index contributed by atoms with van der Waals surface area (Å²) in [6.07, 6.45) is 1.63. The van der Waals surface area contributed by atoms with Gasteiger partial charge in [-0.3, -0.25) is 4.90 Å². The van der Waals surface area contributed by atoms with Crippen molar-refractivity contribution in [1.82, 2.24) is 14.9 Å². The first-order valence-corrected chi connectivity index (χ1v) is 7.64. The number of nitrogens with zero attached hydrogens (tertiary/aromatic N) is 3. The highest BCUT2D eigenvalue weighted by Gasteiger charge is 2.10. The number of nitrogens with two attached hydrogens (primary N) is 2. The number of hydrogen-bond acceptors (Lipinski definition) is 7. The maximum absolute atomic E-state index is 5.88. The molecular weight excluding hydrogens is 294 g/mol. The van der Waals surface area contributed by atoms with Crippen LogP contribution >= 0.6 is 0 Å². The SMILES string of the molecule is Nc1ncc(-c2ccc(OCCN3CCOCC3)cc2)c(N)n1. The van der Waals surface area contributed by atoms with E-state index in [9.17, 15) is 0 Å². The van der Waals surface area contributed by atoms with Gasteiger partial charge in [0.15, 0.2) is 0 Å². The highest BCUT2D eigenvalue weighted by atomic mass is 16.5. The second kappa shape index (κ2) is 7.26. The van der Waals surface area contributed by atoms with Gasteiger partial charge in [-0.1, -0.05) is 12.1 Å². The van der Waals surface area contributed by atoms with Crippen molar-refractivity contribution >= 4 is 11.8 Å². The molecule has 3 rings (SSSR count). The summed E-state index contributed by atoms with van der Waals surface area (Å²) in [5, 5.41) is 0. The number of ether oxygens (including phenoxy) is 2. The smallest absolute Gasteiger partial charge is 0.221 e. The molecular formula is C16H21N5O2. The maximum atomic E-state index is 5.88. The molecule has 0 radical (unpaired) electrons. The second-order valence-corrected chi connectivity index (χ2v) is 5.35. The predicted molar refractivity (Wildman–Crippen MR) is 89.0 cm³/mol. The minimum atomic E-state index is 0.175. The molecule has 2 aromatic rings. The number of morpholine rings is 1. The molecule has 0 amide bonds. The lowest BCUT2D eigenvalue weighted by Gasteiger charge is -2.26. The fraction of sp³-hybridized carbons (Fsp3) is 0.375. The van der Waals surface area contributed by atoms with Crippen LogP contribution in [0.2, 0.25) is 0 Å². The molecule has 23 heavy (non-hydrogen) atoms. The molecule has 1 aliphatic rings. The van der Waals surface area contributed by atoms with Crippen LogP contribution < -0.4 is 16.2 Å². The highest BCUT2D eigenvalue weighted by molar-refractivity contribution is 5.73. The average molecular weight is 315 g/mol.